The Hall–Kier alpha value is -1.47. The maximum Gasteiger partial charge on any atom is 0.408 e. The number of nitrogens with one attached hydrogen (secondary N) is 2. The van der Waals surface area contributed by atoms with Gasteiger partial charge >= 0.3 is 6.09 Å². The number of carbonyl (C=O) groups is 3. The number of hydrogen-bond acceptors (Lipinski definition) is 4. The van der Waals surface area contributed by atoms with Crippen molar-refractivity contribution in [1.82, 2.24) is 10.2 Å². The van der Waals surface area contributed by atoms with Gasteiger partial charge < -0.3 is 25.5 Å². The molecule has 7 nitrogen and oxygen atoms in total. The Balaban J connectivity index is 0.00000338. The molecule has 2 rings (SSSR count). The molecule has 2 N–H and O–H groups in total. The van der Waals surface area contributed by atoms with Crippen LogP contribution in [0, 0.1) is 5.92 Å². The van der Waals surface area contributed by atoms with Crippen molar-refractivity contribution < 1.29 is 51.8 Å². The van der Waals surface area contributed by atoms with E-state index in [0.29, 0.717) is 6.54 Å². The van der Waals surface area contributed by atoms with Crippen LogP contribution in [0.4, 0.5) is 4.79 Å². The van der Waals surface area contributed by atoms with Crippen molar-refractivity contribution in [2.75, 3.05) is 6.54 Å². The van der Waals surface area contributed by atoms with Crippen molar-refractivity contribution in [3.05, 3.63) is 41.6 Å². The quantitative estimate of drug-likeness (QED) is 0.768. The molecule has 1 aliphatic heterocycles. The molecule has 1 radical (unpaired) electrons. The normalized spacial score (nSPS) is 21.2. The van der Waals surface area contributed by atoms with Crippen molar-refractivity contribution in [3.8, 4) is 0 Å². The van der Waals surface area contributed by atoms with E-state index in [1.165, 1.54) is 11.8 Å². The molecule has 26 heavy (non-hydrogen) atoms. The summed E-state index contributed by atoms with van der Waals surface area (Å²) in [6.45, 7) is 3.95. The third kappa shape index (κ3) is 6.06. The Morgan fingerprint density at radius 1 is 1.35 bits per heavy atom. The van der Waals surface area contributed by atoms with Crippen LogP contribution in [0.2, 0.25) is 0 Å². The molecule has 1 aromatic rings. The standard InChI is InChI=1S/C18H25N3O4.Y/c1-12-7-6-10-21(13(2)16(19)22)17(23)15(12)20-18(24)25-11-14-8-4-3-5-9-14;/h3-5,8-9,12-13,15H,6-7,10-11H2,1-2H3,(H3,19,20,22,24);/p-1/t12-,13+,15+;/m1./s1. The predicted octanol–water partition coefficient (Wildman–Crippen LogP) is 2.50. The molecule has 1 saturated heterocycles. The van der Waals surface area contributed by atoms with Gasteiger partial charge in [0, 0.05) is 39.3 Å². The zero-order valence-electron chi connectivity index (χ0n) is 15.1. The van der Waals surface area contributed by atoms with Crippen molar-refractivity contribution in [1.29, 1.82) is 0 Å². The maximum atomic E-state index is 12.7. The van der Waals surface area contributed by atoms with Gasteiger partial charge in [-0.15, -0.1) is 0 Å². The molecule has 0 bridgehead atoms. The second-order valence-electron chi connectivity index (χ2n) is 6.38. The van der Waals surface area contributed by atoms with Crippen molar-refractivity contribution in [2.45, 2.75) is 45.4 Å². The summed E-state index contributed by atoms with van der Waals surface area (Å²) in [6, 6.07) is 7.69. The van der Waals surface area contributed by atoms with Gasteiger partial charge in [0.1, 0.15) is 12.6 Å². The molecule has 1 aliphatic rings. The van der Waals surface area contributed by atoms with Crippen LogP contribution in [0.25, 0.3) is 5.73 Å². The minimum atomic E-state index is -0.817. The number of hydrogen-bond donors (Lipinski definition) is 1. The summed E-state index contributed by atoms with van der Waals surface area (Å²) < 4.78 is 5.19. The third-order valence-corrected chi connectivity index (χ3v) is 4.51. The monoisotopic (exact) mass is 435 g/mol. The Labute approximate surface area is 178 Å². The Kier molecular flexibility index (Phi) is 9.23. The summed E-state index contributed by atoms with van der Waals surface area (Å²) in [6.07, 6.45) is 0.799. The van der Waals surface area contributed by atoms with Gasteiger partial charge in [0.25, 0.3) is 0 Å². The number of carbonyl (C=O) groups excluding carboxylic acids is 3. The fourth-order valence-electron chi connectivity index (χ4n) is 2.90. The van der Waals surface area contributed by atoms with Gasteiger partial charge in [-0.3, -0.25) is 4.79 Å². The molecule has 0 spiro atoms. The number of alkyl carbamates (subject to hydrolysis) is 1. The summed E-state index contributed by atoms with van der Waals surface area (Å²) in [5.74, 6) is -1.22. The fourth-order valence-corrected chi connectivity index (χ4v) is 2.90. The summed E-state index contributed by atoms with van der Waals surface area (Å²) in [5, 5.41) is 2.63. The van der Waals surface area contributed by atoms with Gasteiger partial charge in [0.15, 0.2) is 0 Å². The van der Waals surface area contributed by atoms with Crippen LogP contribution in [0.15, 0.2) is 30.3 Å². The zero-order valence-corrected chi connectivity index (χ0v) is 17.9. The number of nitrogens with zero attached hydrogens (tertiary/aromatic N) is 1. The van der Waals surface area contributed by atoms with E-state index in [-0.39, 0.29) is 51.1 Å². The van der Waals surface area contributed by atoms with Gasteiger partial charge in [-0.05, 0) is 31.2 Å². The van der Waals surface area contributed by atoms with Crippen LogP contribution < -0.4 is 5.32 Å². The van der Waals surface area contributed by atoms with Crippen LogP contribution in [0.1, 0.15) is 32.3 Å². The van der Waals surface area contributed by atoms with Crippen LogP contribution in [-0.2, 0) is 53.6 Å². The topological polar surface area (TPSA) is 99.5 Å². The van der Waals surface area contributed by atoms with Crippen LogP contribution in [-0.4, -0.2) is 41.4 Å². The molecule has 0 unspecified atom stereocenters. The summed E-state index contributed by atoms with van der Waals surface area (Å²) >= 11 is 0. The van der Waals surface area contributed by atoms with Crippen molar-refractivity contribution in [3.63, 3.8) is 0 Å². The molecule has 1 fully saturated rings. The van der Waals surface area contributed by atoms with E-state index in [4.69, 9.17) is 10.5 Å². The van der Waals surface area contributed by atoms with E-state index in [1.807, 2.05) is 37.3 Å². The van der Waals surface area contributed by atoms with E-state index < -0.39 is 24.1 Å². The molecular formula is C18H24N3O4Y-. The fraction of sp³-hybridized carbons (Fsp3) is 0.500. The van der Waals surface area contributed by atoms with E-state index in [0.717, 1.165) is 18.4 Å². The zero-order chi connectivity index (χ0) is 18.4. The first-order valence-corrected chi connectivity index (χ1v) is 8.43. The number of rotatable bonds is 5. The Morgan fingerprint density at radius 2 is 2.00 bits per heavy atom. The molecule has 139 valence electrons. The first kappa shape index (κ1) is 22.6. The Morgan fingerprint density at radius 3 is 2.62 bits per heavy atom. The molecule has 0 aromatic heterocycles. The van der Waals surface area contributed by atoms with Crippen LogP contribution >= 0.6 is 0 Å². The smallest absolute Gasteiger partial charge is 0.408 e. The largest absolute Gasteiger partial charge is 0.666 e. The van der Waals surface area contributed by atoms with E-state index in [9.17, 15) is 14.4 Å². The van der Waals surface area contributed by atoms with Crippen LogP contribution in [0.5, 0.6) is 0 Å². The van der Waals surface area contributed by atoms with Gasteiger partial charge in [0.05, 0.1) is 11.9 Å². The molecule has 1 aromatic carbocycles. The maximum absolute atomic E-state index is 12.7. The minimum absolute atomic E-state index is 0. The summed E-state index contributed by atoms with van der Waals surface area (Å²) in [7, 11) is 0. The number of benzene rings is 1. The molecular weight excluding hydrogens is 411 g/mol. The van der Waals surface area contributed by atoms with E-state index in [2.05, 4.69) is 5.32 Å². The van der Waals surface area contributed by atoms with E-state index >= 15 is 0 Å². The molecule has 3 atom stereocenters. The van der Waals surface area contributed by atoms with Gasteiger partial charge in [-0.25, -0.2) is 4.79 Å². The third-order valence-electron chi connectivity index (χ3n) is 4.51. The first-order valence-electron chi connectivity index (χ1n) is 8.43. The van der Waals surface area contributed by atoms with Gasteiger partial charge in [-0.1, -0.05) is 37.3 Å². The van der Waals surface area contributed by atoms with E-state index in [1.54, 1.807) is 0 Å². The molecule has 0 saturated carbocycles. The minimum Gasteiger partial charge on any atom is -0.666 e. The molecule has 0 aliphatic carbocycles. The second kappa shape index (κ2) is 10.6. The number of ether oxygens (including phenoxy) is 1. The molecule has 1 heterocycles. The van der Waals surface area contributed by atoms with Gasteiger partial charge in [-0.2, -0.15) is 0 Å². The SMILES string of the molecule is C[C@@H]1CCCN([C@@H](C)C([NH-])=O)C(=O)[C@H]1NC(=O)OCc1ccccc1.[Y]. The van der Waals surface area contributed by atoms with Crippen molar-refractivity contribution >= 4 is 17.9 Å². The second-order valence-corrected chi connectivity index (χ2v) is 6.38. The summed E-state index contributed by atoms with van der Waals surface area (Å²) in [4.78, 5) is 37.5. The predicted molar refractivity (Wildman–Crippen MR) is 92.5 cm³/mol. The molecule has 3 amide bonds. The molecule has 8 heteroatoms. The average molecular weight is 435 g/mol. The van der Waals surface area contributed by atoms with Gasteiger partial charge in [0.2, 0.25) is 5.91 Å². The number of amides is 3. The number of likely N-dealkylation sites (tertiary alicyclic amines) is 1. The van der Waals surface area contributed by atoms with Crippen LogP contribution in [0.3, 0.4) is 0 Å². The summed E-state index contributed by atoms with van der Waals surface area (Å²) in [5.41, 5.74) is 8.11. The Bertz CT molecular complexity index is 626. The average Bonchev–Trinajstić information content (AvgIpc) is 2.73. The first-order chi connectivity index (χ1) is 11.9. The van der Waals surface area contributed by atoms with Crippen molar-refractivity contribution in [2.24, 2.45) is 5.92 Å².